The molecule has 0 aromatic heterocycles. The maximum Gasteiger partial charge on any atom is 0.416 e. The lowest BCUT2D eigenvalue weighted by Gasteiger charge is -2.38. The van der Waals surface area contributed by atoms with Gasteiger partial charge in [0.2, 0.25) is 5.91 Å². The van der Waals surface area contributed by atoms with Crippen LogP contribution in [-0.4, -0.2) is 54.4 Å². The van der Waals surface area contributed by atoms with E-state index in [0.29, 0.717) is 38.5 Å². The normalized spacial score (nSPS) is 19.2. The van der Waals surface area contributed by atoms with Crippen molar-refractivity contribution in [1.29, 1.82) is 0 Å². The molecule has 4 rings (SSSR count). The van der Waals surface area contributed by atoms with Crippen molar-refractivity contribution in [3.63, 3.8) is 0 Å². The number of rotatable bonds is 4. The molecule has 2 heterocycles. The summed E-state index contributed by atoms with van der Waals surface area (Å²) in [6.07, 6.45) is -2.33. The van der Waals surface area contributed by atoms with Crippen molar-refractivity contribution < 1.29 is 22.4 Å². The van der Waals surface area contributed by atoms with Gasteiger partial charge < -0.3 is 4.90 Å². The Labute approximate surface area is 189 Å². The molecule has 2 aromatic carbocycles. The lowest BCUT2D eigenvalue weighted by molar-refractivity contribution is -0.137. The molecule has 1 saturated heterocycles. The van der Waals surface area contributed by atoms with E-state index in [-0.39, 0.29) is 18.1 Å². The van der Waals surface area contributed by atoms with Crippen LogP contribution in [0.15, 0.2) is 59.2 Å². The molecule has 1 fully saturated rings. The van der Waals surface area contributed by atoms with Crippen LogP contribution < -0.4 is 4.90 Å². The molecule has 2 aliphatic heterocycles. The first kappa shape index (κ1) is 23.0. The van der Waals surface area contributed by atoms with E-state index >= 15 is 0 Å². The molecule has 0 aliphatic carbocycles. The molecule has 0 N–H and O–H groups in total. The molecule has 174 valence electrons. The molecule has 1 amide bonds. The fourth-order valence-corrected chi connectivity index (χ4v) is 3.93. The highest BCUT2D eigenvalue weighted by Gasteiger charge is 2.31. The quantitative estimate of drug-likeness (QED) is 0.626. The summed E-state index contributed by atoms with van der Waals surface area (Å²) in [5.74, 6) is -0.448. The summed E-state index contributed by atoms with van der Waals surface area (Å²) in [6.45, 7) is 4.49. The van der Waals surface area contributed by atoms with Gasteiger partial charge in [-0.05, 0) is 54.5 Å². The third-order valence-electron chi connectivity index (χ3n) is 5.82. The van der Waals surface area contributed by atoms with Crippen molar-refractivity contribution in [1.82, 2.24) is 9.91 Å². The average Bonchev–Trinajstić information content (AvgIpc) is 2.79. The van der Waals surface area contributed by atoms with Gasteiger partial charge in [-0.25, -0.2) is 9.40 Å². The van der Waals surface area contributed by atoms with Crippen LogP contribution in [0.5, 0.6) is 0 Å². The van der Waals surface area contributed by atoms with E-state index in [0.717, 1.165) is 22.9 Å². The number of anilines is 1. The number of nitrogens with zero attached hydrogens (tertiary/aromatic N) is 4. The van der Waals surface area contributed by atoms with Crippen LogP contribution in [0.1, 0.15) is 24.5 Å². The number of benzene rings is 2. The highest BCUT2D eigenvalue weighted by Crippen LogP contribution is 2.32. The van der Waals surface area contributed by atoms with Gasteiger partial charge in [-0.15, -0.1) is 0 Å². The third kappa shape index (κ3) is 5.60. The maximum absolute atomic E-state index is 13.1. The number of halogens is 4. The summed E-state index contributed by atoms with van der Waals surface area (Å²) in [5, 5.41) is 5.89. The zero-order chi connectivity index (χ0) is 23.6. The SMILES string of the molecule is CC1=NN(CN2CCN(c3cccc(C(F)(F)F)c3)CC2)C(=O)C/C1=C\c1ccc(F)cc1. The van der Waals surface area contributed by atoms with E-state index in [4.69, 9.17) is 0 Å². The summed E-state index contributed by atoms with van der Waals surface area (Å²) in [5.41, 5.74) is 2.20. The summed E-state index contributed by atoms with van der Waals surface area (Å²) in [7, 11) is 0. The van der Waals surface area contributed by atoms with E-state index < -0.39 is 11.7 Å². The molecule has 9 heteroatoms. The van der Waals surface area contributed by atoms with Gasteiger partial charge in [0.05, 0.1) is 24.4 Å². The van der Waals surface area contributed by atoms with Crippen LogP contribution in [0, 0.1) is 5.82 Å². The monoisotopic (exact) mass is 460 g/mol. The van der Waals surface area contributed by atoms with Crippen molar-refractivity contribution in [2.24, 2.45) is 5.10 Å². The van der Waals surface area contributed by atoms with Crippen LogP contribution in [0.2, 0.25) is 0 Å². The van der Waals surface area contributed by atoms with Crippen molar-refractivity contribution in [3.8, 4) is 0 Å². The van der Waals surface area contributed by atoms with Gasteiger partial charge in [-0.1, -0.05) is 18.2 Å². The van der Waals surface area contributed by atoms with Crippen LogP contribution in [0.25, 0.3) is 6.08 Å². The van der Waals surface area contributed by atoms with Gasteiger partial charge in [0, 0.05) is 31.9 Å². The number of piperazine rings is 1. The molecular formula is C24H24F4N4O. The van der Waals surface area contributed by atoms with Crippen LogP contribution in [0.4, 0.5) is 23.2 Å². The van der Waals surface area contributed by atoms with E-state index in [1.165, 1.54) is 29.3 Å². The summed E-state index contributed by atoms with van der Waals surface area (Å²) < 4.78 is 52.1. The first-order valence-corrected chi connectivity index (χ1v) is 10.7. The second kappa shape index (κ2) is 9.35. The van der Waals surface area contributed by atoms with Gasteiger partial charge in [-0.3, -0.25) is 9.69 Å². The summed E-state index contributed by atoms with van der Waals surface area (Å²) in [6, 6.07) is 11.4. The molecule has 2 aromatic rings. The molecule has 0 bridgehead atoms. The minimum atomic E-state index is -4.37. The topological polar surface area (TPSA) is 39.1 Å². The smallest absolute Gasteiger partial charge is 0.369 e. The Bertz CT molecular complexity index is 1070. The third-order valence-corrected chi connectivity index (χ3v) is 5.82. The van der Waals surface area contributed by atoms with E-state index in [9.17, 15) is 22.4 Å². The Kier molecular flexibility index (Phi) is 6.51. The van der Waals surface area contributed by atoms with Crippen LogP contribution in [-0.2, 0) is 11.0 Å². The van der Waals surface area contributed by atoms with Crippen molar-refractivity contribution >= 4 is 23.4 Å². The molecule has 0 unspecified atom stereocenters. The second-order valence-electron chi connectivity index (χ2n) is 8.17. The minimum Gasteiger partial charge on any atom is -0.369 e. The minimum absolute atomic E-state index is 0.130. The molecule has 0 atom stereocenters. The lowest BCUT2D eigenvalue weighted by atomic mass is 10.0. The Morgan fingerprint density at radius 2 is 1.73 bits per heavy atom. The first-order chi connectivity index (χ1) is 15.7. The molecule has 33 heavy (non-hydrogen) atoms. The first-order valence-electron chi connectivity index (χ1n) is 10.7. The second-order valence-corrected chi connectivity index (χ2v) is 8.17. The fraction of sp³-hybridized carbons (Fsp3) is 0.333. The van der Waals surface area contributed by atoms with Crippen LogP contribution in [0.3, 0.4) is 0 Å². The highest BCUT2D eigenvalue weighted by molar-refractivity contribution is 6.08. The Hall–Kier alpha value is -3.20. The number of amides is 1. The predicted molar refractivity (Wildman–Crippen MR) is 119 cm³/mol. The largest absolute Gasteiger partial charge is 0.416 e. The standard InChI is InChI=1S/C24H24F4N4O/c1-17-19(13-18-5-7-21(25)8-6-18)14-23(33)32(29-17)16-30-9-11-31(12-10-30)22-4-2-3-20(15-22)24(26,27)28/h2-8,13,15H,9-12,14,16H2,1H3/b19-13+. The van der Waals surface area contributed by atoms with Gasteiger partial charge in [-0.2, -0.15) is 18.3 Å². The Balaban J connectivity index is 1.36. The van der Waals surface area contributed by atoms with E-state index in [1.54, 1.807) is 18.2 Å². The van der Waals surface area contributed by atoms with E-state index in [1.807, 2.05) is 17.9 Å². The summed E-state index contributed by atoms with van der Waals surface area (Å²) >= 11 is 0. The molecule has 2 aliphatic rings. The Morgan fingerprint density at radius 1 is 1.03 bits per heavy atom. The van der Waals surface area contributed by atoms with Crippen LogP contribution >= 0.6 is 0 Å². The lowest BCUT2D eigenvalue weighted by Crippen LogP contribution is -2.50. The number of hydrogen-bond donors (Lipinski definition) is 0. The van der Waals surface area contributed by atoms with Gasteiger partial charge in [0.1, 0.15) is 5.82 Å². The Morgan fingerprint density at radius 3 is 2.39 bits per heavy atom. The molecule has 5 nitrogen and oxygen atoms in total. The van der Waals surface area contributed by atoms with Gasteiger partial charge in [0.25, 0.3) is 0 Å². The number of carbonyl (C=O) groups excluding carboxylic acids is 1. The van der Waals surface area contributed by atoms with Crippen molar-refractivity contribution in [2.75, 3.05) is 37.7 Å². The number of hydrogen-bond acceptors (Lipinski definition) is 4. The number of carbonyl (C=O) groups is 1. The summed E-state index contributed by atoms with van der Waals surface area (Å²) in [4.78, 5) is 16.6. The van der Waals surface area contributed by atoms with Gasteiger partial charge in [0.15, 0.2) is 0 Å². The predicted octanol–water partition coefficient (Wildman–Crippen LogP) is 4.62. The average molecular weight is 460 g/mol. The van der Waals surface area contributed by atoms with Crippen molar-refractivity contribution in [2.45, 2.75) is 19.5 Å². The van der Waals surface area contributed by atoms with E-state index in [2.05, 4.69) is 10.0 Å². The zero-order valence-electron chi connectivity index (χ0n) is 18.1. The fourth-order valence-electron chi connectivity index (χ4n) is 3.93. The number of alkyl halides is 3. The highest BCUT2D eigenvalue weighted by atomic mass is 19.4. The number of hydrazone groups is 1. The zero-order valence-corrected chi connectivity index (χ0v) is 18.1. The molecule has 0 radical (unpaired) electrons. The molecular weight excluding hydrogens is 436 g/mol. The van der Waals surface area contributed by atoms with Crippen molar-refractivity contribution in [3.05, 3.63) is 71.0 Å². The molecule has 0 saturated carbocycles. The molecule has 0 spiro atoms. The maximum atomic E-state index is 13.1. The van der Waals surface area contributed by atoms with Gasteiger partial charge >= 0.3 is 6.18 Å².